The first-order chi connectivity index (χ1) is 13.3. The maximum atomic E-state index is 4.81. The number of para-hydroxylation sites is 1. The molecule has 3 aromatic heterocycles. The van der Waals surface area contributed by atoms with Crippen LogP contribution in [0.25, 0.3) is 15.9 Å². The minimum Gasteiger partial charge on any atom is -0.365 e. The monoisotopic (exact) mass is 377 g/mol. The van der Waals surface area contributed by atoms with Crippen molar-refractivity contribution in [2.24, 2.45) is 0 Å². The third kappa shape index (κ3) is 2.63. The SMILES string of the molecule is c1ccc2sc(N3CCN(c4cc(C5CC5)nn5cnnc45)CC3)nc2c1. The first-order valence-corrected chi connectivity index (χ1v) is 10.2. The van der Waals surface area contributed by atoms with Gasteiger partial charge >= 0.3 is 0 Å². The lowest BCUT2D eigenvalue weighted by Gasteiger charge is -2.36. The van der Waals surface area contributed by atoms with Crippen LogP contribution in [0.4, 0.5) is 10.8 Å². The quantitative estimate of drug-likeness (QED) is 0.547. The van der Waals surface area contributed by atoms with Crippen molar-refractivity contribution in [1.29, 1.82) is 0 Å². The molecule has 0 spiro atoms. The number of fused-ring (bicyclic) bond motifs is 2. The van der Waals surface area contributed by atoms with Crippen LogP contribution in [0.3, 0.4) is 0 Å². The van der Waals surface area contributed by atoms with Gasteiger partial charge in [-0.25, -0.2) is 4.98 Å². The number of aromatic nitrogens is 5. The van der Waals surface area contributed by atoms with Crippen LogP contribution in [0.15, 0.2) is 36.7 Å². The molecule has 1 saturated carbocycles. The van der Waals surface area contributed by atoms with E-state index >= 15 is 0 Å². The second-order valence-electron chi connectivity index (χ2n) is 7.27. The van der Waals surface area contributed by atoms with Gasteiger partial charge in [0.1, 0.15) is 6.33 Å². The van der Waals surface area contributed by atoms with Gasteiger partial charge in [0.05, 0.1) is 21.6 Å². The van der Waals surface area contributed by atoms with E-state index in [-0.39, 0.29) is 0 Å². The number of nitrogens with zero attached hydrogens (tertiary/aromatic N) is 7. The molecule has 6 rings (SSSR count). The zero-order chi connectivity index (χ0) is 17.8. The molecule has 1 saturated heterocycles. The Morgan fingerprint density at radius 1 is 1.00 bits per heavy atom. The Bertz CT molecular complexity index is 1090. The van der Waals surface area contributed by atoms with Crippen molar-refractivity contribution in [3.8, 4) is 0 Å². The summed E-state index contributed by atoms with van der Waals surface area (Å²) in [4.78, 5) is 9.62. The van der Waals surface area contributed by atoms with Crippen LogP contribution in [0.2, 0.25) is 0 Å². The van der Waals surface area contributed by atoms with Crippen molar-refractivity contribution >= 4 is 38.0 Å². The van der Waals surface area contributed by atoms with E-state index in [1.54, 1.807) is 17.7 Å². The van der Waals surface area contributed by atoms with Gasteiger partial charge in [-0.1, -0.05) is 23.5 Å². The average molecular weight is 377 g/mol. The molecule has 136 valence electrons. The fourth-order valence-corrected chi connectivity index (χ4v) is 4.79. The van der Waals surface area contributed by atoms with E-state index in [1.165, 1.54) is 23.2 Å². The predicted molar refractivity (Wildman–Crippen MR) is 107 cm³/mol. The van der Waals surface area contributed by atoms with Crippen molar-refractivity contribution < 1.29 is 0 Å². The number of hydrogen-bond donors (Lipinski definition) is 0. The Morgan fingerprint density at radius 3 is 2.63 bits per heavy atom. The van der Waals surface area contributed by atoms with E-state index in [4.69, 9.17) is 4.98 Å². The van der Waals surface area contributed by atoms with Crippen LogP contribution in [0.5, 0.6) is 0 Å². The molecule has 1 aliphatic carbocycles. The molecule has 7 nitrogen and oxygen atoms in total. The second-order valence-corrected chi connectivity index (χ2v) is 8.28. The Kier molecular flexibility index (Phi) is 3.34. The summed E-state index contributed by atoms with van der Waals surface area (Å²) in [5.41, 5.74) is 4.28. The van der Waals surface area contributed by atoms with Gasteiger partial charge in [-0.2, -0.15) is 9.61 Å². The van der Waals surface area contributed by atoms with E-state index in [0.717, 1.165) is 48.2 Å². The normalized spacial score (nSPS) is 17.9. The number of piperazine rings is 1. The fraction of sp³-hybridized carbons (Fsp3) is 0.368. The first-order valence-electron chi connectivity index (χ1n) is 9.41. The highest BCUT2D eigenvalue weighted by Gasteiger charge is 2.28. The standard InChI is InChI=1S/C19H19N7S/c1-2-4-17-14(3-1)21-19(27-17)25-9-7-24(8-10-25)16-11-15(13-5-6-13)23-26-12-20-22-18(16)26/h1-4,11-13H,5-10H2. The number of hydrogen-bond acceptors (Lipinski definition) is 7. The summed E-state index contributed by atoms with van der Waals surface area (Å²) >= 11 is 1.78. The van der Waals surface area contributed by atoms with E-state index < -0.39 is 0 Å². The number of benzene rings is 1. The third-order valence-corrected chi connectivity index (χ3v) is 6.53. The van der Waals surface area contributed by atoms with Crippen molar-refractivity contribution in [3.63, 3.8) is 0 Å². The summed E-state index contributed by atoms with van der Waals surface area (Å²) in [6.45, 7) is 3.82. The van der Waals surface area contributed by atoms with Gasteiger partial charge in [0.25, 0.3) is 0 Å². The van der Waals surface area contributed by atoms with Crippen LogP contribution in [-0.4, -0.2) is 51.0 Å². The molecule has 0 unspecified atom stereocenters. The molecular formula is C19H19N7S. The fourth-order valence-electron chi connectivity index (χ4n) is 3.77. The molecule has 0 amide bonds. The van der Waals surface area contributed by atoms with Gasteiger partial charge in [-0.05, 0) is 31.0 Å². The van der Waals surface area contributed by atoms with Crippen molar-refractivity contribution in [2.45, 2.75) is 18.8 Å². The molecule has 8 heteroatoms. The maximum absolute atomic E-state index is 4.81. The summed E-state index contributed by atoms with van der Waals surface area (Å²) in [6.07, 6.45) is 4.19. The van der Waals surface area contributed by atoms with Gasteiger partial charge in [0.2, 0.25) is 5.65 Å². The van der Waals surface area contributed by atoms with Crippen molar-refractivity contribution in [3.05, 3.63) is 42.4 Å². The lowest BCUT2D eigenvalue weighted by atomic mass is 10.2. The summed E-state index contributed by atoms with van der Waals surface area (Å²) in [7, 11) is 0. The van der Waals surface area contributed by atoms with E-state index in [1.807, 2.05) is 4.52 Å². The molecular weight excluding hydrogens is 358 g/mol. The molecule has 2 fully saturated rings. The van der Waals surface area contributed by atoms with Crippen LogP contribution in [0.1, 0.15) is 24.5 Å². The number of thiazole rings is 1. The lowest BCUT2D eigenvalue weighted by molar-refractivity contribution is 0.650. The van der Waals surface area contributed by atoms with Crippen LogP contribution >= 0.6 is 11.3 Å². The highest BCUT2D eigenvalue weighted by molar-refractivity contribution is 7.22. The molecule has 0 N–H and O–H groups in total. The highest BCUT2D eigenvalue weighted by Crippen LogP contribution is 2.40. The predicted octanol–water partition coefficient (Wildman–Crippen LogP) is 2.94. The van der Waals surface area contributed by atoms with E-state index in [0.29, 0.717) is 5.92 Å². The van der Waals surface area contributed by atoms with Gasteiger partial charge in [0.15, 0.2) is 5.13 Å². The lowest BCUT2D eigenvalue weighted by Crippen LogP contribution is -2.46. The van der Waals surface area contributed by atoms with E-state index in [9.17, 15) is 0 Å². The molecule has 1 aromatic carbocycles. The van der Waals surface area contributed by atoms with Gasteiger partial charge in [-0.3, -0.25) is 0 Å². The Hall–Kier alpha value is -2.74. The maximum Gasteiger partial charge on any atom is 0.200 e. The van der Waals surface area contributed by atoms with E-state index in [2.05, 4.69) is 55.4 Å². The minimum absolute atomic E-state index is 0.611. The van der Waals surface area contributed by atoms with Gasteiger partial charge in [-0.15, -0.1) is 10.2 Å². The van der Waals surface area contributed by atoms with Gasteiger partial charge < -0.3 is 9.80 Å². The summed E-state index contributed by atoms with van der Waals surface area (Å²) in [6, 6.07) is 10.6. The molecule has 0 radical (unpaired) electrons. The largest absolute Gasteiger partial charge is 0.365 e. The number of rotatable bonds is 3. The average Bonchev–Trinajstić information content (AvgIpc) is 3.29. The smallest absolute Gasteiger partial charge is 0.200 e. The van der Waals surface area contributed by atoms with Crippen molar-refractivity contribution in [1.82, 2.24) is 24.8 Å². The summed E-state index contributed by atoms with van der Waals surface area (Å²) < 4.78 is 3.09. The molecule has 2 aliphatic rings. The molecule has 4 heterocycles. The molecule has 4 aromatic rings. The molecule has 0 atom stereocenters. The van der Waals surface area contributed by atoms with Crippen molar-refractivity contribution in [2.75, 3.05) is 36.0 Å². The van der Waals surface area contributed by atoms with Crippen LogP contribution in [0, 0.1) is 0 Å². The molecule has 0 bridgehead atoms. The molecule has 27 heavy (non-hydrogen) atoms. The topological polar surface area (TPSA) is 62.5 Å². The summed E-state index contributed by atoms with van der Waals surface area (Å²) in [5, 5.41) is 14.2. The van der Waals surface area contributed by atoms with Gasteiger partial charge in [0, 0.05) is 32.1 Å². The Labute approximate surface area is 160 Å². The summed E-state index contributed by atoms with van der Waals surface area (Å²) in [5.74, 6) is 0.611. The first kappa shape index (κ1) is 15.3. The minimum atomic E-state index is 0.611. The third-order valence-electron chi connectivity index (χ3n) is 5.44. The molecule has 1 aliphatic heterocycles. The second kappa shape index (κ2) is 5.88. The highest BCUT2D eigenvalue weighted by atomic mass is 32.1. The zero-order valence-corrected chi connectivity index (χ0v) is 15.6. The number of anilines is 2. The van der Waals surface area contributed by atoms with Crippen LogP contribution in [-0.2, 0) is 0 Å². The van der Waals surface area contributed by atoms with Crippen LogP contribution < -0.4 is 9.80 Å². The Balaban J connectivity index is 1.27. The zero-order valence-electron chi connectivity index (χ0n) is 14.8. The Morgan fingerprint density at radius 2 is 1.81 bits per heavy atom.